The van der Waals surface area contributed by atoms with Crippen molar-refractivity contribution in [3.8, 4) is 0 Å². The molecule has 1 atom stereocenters. The van der Waals surface area contributed by atoms with Gasteiger partial charge in [0.15, 0.2) is 5.79 Å². The number of nitrogens with zero attached hydrogens (tertiary/aromatic N) is 2. The summed E-state index contributed by atoms with van der Waals surface area (Å²) < 4.78 is 18.5. The van der Waals surface area contributed by atoms with Crippen LogP contribution in [0.2, 0.25) is 10.0 Å². The minimum absolute atomic E-state index is 0.00206. The molecule has 8 heteroatoms. The standard InChI is InChI=1S/C31H32Cl2N2O4/c32-26-10-6-24(7-11-26)28(25-8-12-27(33)13-9-25)34-16-14-30(21-34)22-35(17-15-31(30)38-18-19-39-31)29(36)37-20-23-4-2-1-3-5-23/h1-13,28H,14-22H2. The van der Waals surface area contributed by atoms with Crippen molar-refractivity contribution in [3.63, 3.8) is 0 Å². The Kier molecular flexibility index (Phi) is 7.58. The number of rotatable bonds is 5. The zero-order valence-corrected chi connectivity index (χ0v) is 23.2. The molecule has 3 aromatic carbocycles. The van der Waals surface area contributed by atoms with Crippen molar-refractivity contribution in [3.05, 3.63) is 106 Å². The molecule has 0 aromatic heterocycles. The second kappa shape index (κ2) is 11.1. The Morgan fingerprint density at radius 2 is 1.44 bits per heavy atom. The summed E-state index contributed by atoms with van der Waals surface area (Å²) in [5.74, 6) is -0.706. The Morgan fingerprint density at radius 1 is 0.821 bits per heavy atom. The molecule has 3 saturated heterocycles. The number of halogens is 2. The average molecular weight is 568 g/mol. The highest BCUT2D eigenvalue weighted by Crippen LogP contribution is 2.52. The fourth-order valence-corrected chi connectivity index (χ4v) is 6.70. The molecular formula is C31H32Cl2N2O4. The van der Waals surface area contributed by atoms with Gasteiger partial charge in [-0.15, -0.1) is 0 Å². The van der Waals surface area contributed by atoms with Crippen LogP contribution in [0, 0.1) is 5.41 Å². The number of benzene rings is 3. The summed E-state index contributed by atoms with van der Waals surface area (Å²) >= 11 is 12.5. The third-order valence-electron chi connectivity index (χ3n) is 8.35. The second-order valence-corrected chi connectivity index (χ2v) is 11.5. The molecule has 6 rings (SSSR count). The predicted molar refractivity (Wildman–Crippen MR) is 151 cm³/mol. The number of carbonyl (C=O) groups is 1. The topological polar surface area (TPSA) is 51.2 Å². The van der Waals surface area contributed by atoms with E-state index in [9.17, 15) is 4.79 Å². The van der Waals surface area contributed by atoms with Crippen LogP contribution < -0.4 is 0 Å². The number of hydrogen-bond acceptors (Lipinski definition) is 5. The maximum atomic E-state index is 13.2. The van der Waals surface area contributed by atoms with Crippen LogP contribution in [0.1, 0.15) is 35.6 Å². The highest BCUT2D eigenvalue weighted by Gasteiger charge is 2.62. The molecule has 0 radical (unpaired) electrons. The van der Waals surface area contributed by atoms with Crippen molar-refractivity contribution in [1.29, 1.82) is 0 Å². The van der Waals surface area contributed by atoms with E-state index in [1.54, 1.807) is 0 Å². The summed E-state index contributed by atoms with van der Waals surface area (Å²) in [4.78, 5) is 17.5. The number of hydrogen-bond donors (Lipinski definition) is 0. The molecule has 6 nitrogen and oxygen atoms in total. The Hall–Kier alpha value is -2.61. The molecule has 204 valence electrons. The fraction of sp³-hybridized carbons (Fsp3) is 0.387. The first-order chi connectivity index (χ1) is 19.0. The van der Waals surface area contributed by atoms with Gasteiger partial charge >= 0.3 is 6.09 Å². The van der Waals surface area contributed by atoms with Crippen LogP contribution in [-0.4, -0.2) is 61.1 Å². The lowest BCUT2D eigenvalue weighted by molar-refractivity contribution is -0.258. The van der Waals surface area contributed by atoms with E-state index in [2.05, 4.69) is 29.2 Å². The minimum Gasteiger partial charge on any atom is -0.445 e. The van der Waals surface area contributed by atoms with E-state index in [1.807, 2.05) is 59.5 Å². The first-order valence-electron chi connectivity index (χ1n) is 13.5. The number of fused-ring (bicyclic) bond motifs is 1. The van der Waals surface area contributed by atoms with Crippen molar-refractivity contribution in [2.24, 2.45) is 5.41 Å². The Morgan fingerprint density at radius 3 is 2.05 bits per heavy atom. The summed E-state index contributed by atoms with van der Waals surface area (Å²) in [6.45, 7) is 3.99. The number of piperidine rings is 1. The number of ether oxygens (including phenoxy) is 3. The number of amides is 1. The van der Waals surface area contributed by atoms with E-state index in [0.717, 1.165) is 29.7 Å². The summed E-state index contributed by atoms with van der Waals surface area (Å²) in [5.41, 5.74) is 2.88. The third-order valence-corrected chi connectivity index (χ3v) is 8.85. The van der Waals surface area contributed by atoms with E-state index in [1.165, 1.54) is 0 Å². The molecule has 3 aliphatic rings. The van der Waals surface area contributed by atoms with Gasteiger partial charge in [0.2, 0.25) is 0 Å². The molecule has 3 aliphatic heterocycles. The number of carbonyl (C=O) groups excluding carboxylic acids is 1. The van der Waals surface area contributed by atoms with Crippen LogP contribution >= 0.6 is 23.2 Å². The van der Waals surface area contributed by atoms with Crippen LogP contribution in [0.4, 0.5) is 4.79 Å². The van der Waals surface area contributed by atoms with Gasteiger partial charge in [0.25, 0.3) is 0 Å². The van der Waals surface area contributed by atoms with Gasteiger partial charge in [0, 0.05) is 36.1 Å². The van der Waals surface area contributed by atoms with Crippen molar-refractivity contribution in [1.82, 2.24) is 9.80 Å². The summed E-state index contributed by atoms with van der Waals surface area (Å²) in [5, 5.41) is 1.41. The van der Waals surface area contributed by atoms with Crippen LogP contribution in [0.5, 0.6) is 0 Å². The average Bonchev–Trinajstić information content (AvgIpc) is 3.61. The zero-order valence-electron chi connectivity index (χ0n) is 21.7. The molecular weight excluding hydrogens is 535 g/mol. The zero-order chi connectivity index (χ0) is 26.9. The Balaban J connectivity index is 1.27. The van der Waals surface area contributed by atoms with Crippen LogP contribution in [0.3, 0.4) is 0 Å². The van der Waals surface area contributed by atoms with E-state index < -0.39 is 5.79 Å². The molecule has 39 heavy (non-hydrogen) atoms. The van der Waals surface area contributed by atoms with E-state index in [-0.39, 0.29) is 24.2 Å². The molecule has 3 fully saturated rings. The van der Waals surface area contributed by atoms with Crippen LogP contribution in [0.25, 0.3) is 0 Å². The molecule has 3 aromatic rings. The third kappa shape index (κ3) is 5.29. The van der Waals surface area contributed by atoms with Gasteiger partial charge in [-0.3, -0.25) is 4.90 Å². The van der Waals surface area contributed by atoms with Gasteiger partial charge in [0.1, 0.15) is 6.61 Å². The lowest BCUT2D eigenvalue weighted by Gasteiger charge is -2.51. The first kappa shape index (κ1) is 26.6. The minimum atomic E-state index is -0.706. The van der Waals surface area contributed by atoms with Gasteiger partial charge in [0.05, 0.1) is 24.7 Å². The van der Waals surface area contributed by atoms with E-state index in [4.69, 9.17) is 37.4 Å². The van der Waals surface area contributed by atoms with Gasteiger partial charge in [-0.05, 0) is 53.9 Å². The van der Waals surface area contributed by atoms with Gasteiger partial charge in [-0.25, -0.2) is 4.79 Å². The first-order valence-corrected chi connectivity index (χ1v) is 14.2. The largest absolute Gasteiger partial charge is 0.445 e. The van der Waals surface area contributed by atoms with Crippen molar-refractivity contribution in [2.45, 2.75) is 31.3 Å². The lowest BCUT2D eigenvalue weighted by atomic mass is 9.73. The molecule has 0 bridgehead atoms. The molecule has 0 N–H and O–H groups in total. The summed E-state index contributed by atoms with van der Waals surface area (Å²) in [7, 11) is 0. The number of likely N-dealkylation sites (tertiary alicyclic amines) is 2. The van der Waals surface area contributed by atoms with E-state index in [0.29, 0.717) is 49.3 Å². The Bertz CT molecular complexity index is 1240. The van der Waals surface area contributed by atoms with Crippen LogP contribution in [-0.2, 0) is 20.8 Å². The Labute approximate surface area is 239 Å². The molecule has 1 unspecified atom stereocenters. The quantitative estimate of drug-likeness (QED) is 0.350. The highest BCUT2D eigenvalue weighted by molar-refractivity contribution is 6.30. The van der Waals surface area contributed by atoms with Crippen LogP contribution in [0.15, 0.2) is 78.9 Å². The monoisotopic (exact) mass is 566 g/mol. The van der Waals surface area contributed by atoms with Gasteiger partial charge in [-0.2, -0.15) is 0 Å². The second-order valence-electron chi connectivity index (χ2n) is 10.7. The molecule has 1 amide bonds. The lowest BCUT2D eigenvalue weighted by Crippen LogP contribution is -2.62. The van der Waals surface area contributed by atoms with Crippen molar-refractivity contribution in [2.75, 3.05) is 39.4 Å². The van der Waals surface area contributed by atoms with E-state index >= 15 is 0 Å². The highest BCUT2D eigenvalue weighted by atomic mass is 35.5. The smallest absolute Gasteiger partial charge is 0.410 e. The maximum absolute atomic E-state index is 13.2. The molecule has 0 aliphatic carbocycles. The SMILES string of the molecule is O=C(OCc1ccccc1)N1CCC2(OCCO2)C2(CCN(C(c3ccc(Cl)cc3)c3ccc(Cl)cc3)C2)C1. The molecule has 0 saturated carbocycles. The van der Waals surface area contributed by atoms with Gasteiger partial charge < -0.3 is 19.1 Å². The normalized spacial score (nSPS) is 22.7. The van der Waals surface area contributed by atoms with Gasteiger partial charge in [-0.1, -0.05) is 77.8 Å². The maximum Gasteiger partial charge on any atom is 0.410 e. The molecule has 2 spiro atoms. The van der Waals surface area contributed by atoms with Crippen molar-refractivity contribution < 1.29 is 19.0 Å². The summed E-state index contributed by atoms with van der Waals surface area (Å²) in [6.07, 6.45) is 1.16. The predicted octanol–water partition coefficient (Wildman–Crippen LogP) is 6.56. The summed E-state index contributed by atoms with van der Waals surface area (Å²) in [6, 6.07) is 25.8. The molecule has 3 heterocycles. The van der Waals surface area contributed by atoms with Crippen molar-refractivity contribution >= 4 is 29.3 Å². The fourth-order valence-electron chi connectivity index (χ4n) is 6.45.